The minimum absolute atomic E-state index is 0.0549. The van der Waals surface area contributed by atoms with Crippen molar-refractivity contribution in [2.24, 2.45) is 5.92 Å². The fourth-order valence-corrected chi connectivity index (χ4v) is 3.35. The molecule has 2 fully saturated rings. The molecule has 4 N–H and O–H groups in total. The Balaban J connectivity index is 1.39. The van der Waals surface area contributed by atoms with E-state index in [1.54, 1.807) is 7.11 Å². The van der Waals surface area contributed by atoms with E-state index in [9.17, 15) is 9.59 Å². The number of aromatic amines is 1. The number of hydrazine groups is 1. The van der Waals surface area contributed by atoms with E-state index in [1.165, 1.54) is 6.20 Å². The van der Waals surface area contributed by atoms with Gasteiger partial charge in [0.15, 0.2) is 0 Å². The van der Waals surface area contributed by atoms with E-state index in [4.69, 9.17) is 4.74 Å². The molecule has 4 rings (SSSR count). The molecule has 8 nitrogen and oxygen atoms in total. The Morgan fingerprint density at radius 1 is 1.30 bits per heavy atom. The number of benzene rings is 1. The molecule has 27 heavy (non-hydrogen) atoms. The van der Waals surface area contributed by atoms with Crippen LogP contribution in [0.15, 0.2) is 35.3 Å². The number of rotatable bonds is 6. The summed E-state index contributed by atoms with van der Waals surface area (Å²) in [6.45, 7) is 1.16. The van der Waals surface area contributed by atoms with Gasteiger partial charge in [-0.1, -0.05) is 12.1 Å². The Morgan fingerprint density at radius 3 is 2.74 bits per heavy atom. The molecular formula is C19H23N5O3. The van der Waals surface area contributed by atoms with Gasteiger partial charge in [0.1, 0.15) is 17.1 Å². The predicted octanol–water partition coefficient (Wildman–Crippen LogP) is 0.851. The summed E-state index contributed by atoms with van der Waals surface area (Å²) in [5.74, 6) is 1.58. The van der Waals surface area contributed by atoms with Crippen molar-refractivity contribution in [2.75, 3.05) is 20.2 Å². The molecule has 142 valence electrons. The molecule has 1 amide bonds. The van der Waals surface area contributed by atoms with E-state index in [1.807, 2.05) is 24.3 Å². The second-order valence-electron chi connectivity index (χ2n) is 7.03. The number of carbonyl (C=O) groups is 1. The number of amides is 1. The fourth-order valence-electron chi connectivity index (χ4n) is 3.35. The van der Waals surface area contributed by atoms with Crippen LogP contribution in [-0.2, 0) is 0 Å². The van der Waals surface area contributed by atoms with Crippen molar-refractivity contribution < 1.29 is 9.53 Å². The van der Waals surface area contributed by atoms with Gasteiger partial charge in [-0.05, 0) is 30.5 Å². The Hall–Kier alpha value is -2.71. The van der Waals surface area contributed by atoms with E-state index in [-0.39, 0.29) is 23.1 Å². The van der Waals surface area contributed by atoms with Crippen LogP contribution in [0.4, 0.5) is 0 Å². The lowest BCUT2D eigenvalue weighted by Crippen LogP contribution is -2.35. The van der Waals surface area contributed by atoms with Crippen LogP contribution >= 0.6 is 0 Å². The lowest BCUT2D eigenvalue weighted by atomic mass is 9.95. The predicted molar refractivity (Wildman–Crippen MR) is 99.5 cm³/mol. The van der Waals surface area contributed by atoms with Crippen LogP contribution in [0.2, 0.25) is 0 Å². The molecule has 2 atom stereocenters. The van der Waals surface area contributed by atoms with Crippen LogP contribution < -0.4 is 26.5 Å². The SMILES string of the molecule is COc1ccc(C2NNCC2CNC(=O)c2cnc(C3CC3)[nH]c2=O)cc1. The zero-order valence-corrected chi connectivity index (χ0v) is 15.1. The van der Waals surface area contributed by atoms with E-state index in [2.05, 4.69) is 26.1 Å². The van der Waals surface area contributed by atoms with Crippen molar-refractivity contribution in [1.82, 2.24) is 26.1 Å². The first-order valence-electron chi connectivity index (χ1n) is 9.15. The lowest BCUT2D eigenvalue weighted by molar-refractivity contribution is 0.0945. The smallest absolute Gasteiger partial charge is 0.263 e. The van der Waals surface area contributed by atoms with Gasteiger partial charge in [0, 0.05) is 31.1 Å². The zero-order chi connectivity index (χ0) is 18.8. The lowest BCUT2D eigenvalue weighted by Gasteiger charge is -2.19. The molecule has 1 saturated heterocycles. The summed E-state index contributed by atoms with van der Waals surface area (Å²) >= 11 is 0. The van der Waals surface area contributed by atoms with Gasteiger partial charge < -0.3 is 15.0 Å². The van der Waals surface area contributed by atoms with Gasteiger partial charge in [0.05, 0.1) is 13.2 Å². The van der Waals surface area contributed by atoms with Gasteiger partial charge in [-0.15, -0.1) is 0 Å². The van der Waals surface area contributed by atoms with Gasteiger partial charge in [-0.2, -0.15) is 0 Å². The molecule has 1 saturated carbocycles. The second kappa shape index (κ2) is 7.50. The highest BCUT2D eigenvalue weighted by Gasteiger charge is 2.29. The van der Waals surface area contributed by atoms with Gasteiger partial charge >= 0.3 is 0 Å². The van der Waals surface area contributed by atoms with Gasteiger partial charge in [-0.25, -0.2) is 10.4 Å². The molecule has 0 radical (unpaired) electrons. The maximum atomic E-state index is 12.4. The van der Waals surface area contributed by atoms with Gasteiger partial charge in [0.2, 0.25) is 0 Å². The third-order valence-corrected chi connectivity index (χ3v) is 5.12. The van der Waals surface area contributed by atoms with E-state index in [0.717, 1.165) is 24.2 Å². The molecular weight excluding hydrogens is 346 g/mol. The number of ether oxygens (including phenoxy) is 1. The van der Waals surface area contributed by atoms with Gasteiger partial charge in [0.25, 0.3) is 11.5 Å². The van der Waals surface area contributed by atoms with Crippen LogP contribution in [0.3, 0.4) is 0 Å². The first-order valence-corrected chi connectivity index (χ1v) is 9.15. The summed E-state index contributed by atoms with van der Waals surface area (Å²) < 4.78 is 5.19. The molecule has 2 heterocycles. The van der Waals surface area contributed by atoms with E-state index < -0.39 is 5.91 Å². The van der Waals surface area contributed by atoms with Crippen LogP contribution in [0.25, 0.3) is 0 Å². The summed E-state index contributed by atoms with van der Waals surface area (Å²) in [7, 11) is 1.64. The van der Waals surface area contributed by atoms with Crippen molar-refractivity contribution in [3.63, 3.8) is 0 Å². The number of hydrogen-bond donors (Lipinski definition) is 4. The Bertz CT molecular complexity index is 876. The topological polar surface area (TPSA) is 108 Å². The summed E-state index contributed by atoms with van der Waals surface area (Å²) in [6.07, 6.45) is 3.47. The standard InChI is InChI=1S/C19H23N5O3/c1-27-14-6-4-11(5-7-14)16-13(9-22-24-16)8-21-18(25)15-10-20-17(12-2-3-12)23-19(15)26/h4-7,10,12-13,16,22,24H,2-3,8-9H2,1H3,(H,21,25)(H,20,23,26). The number of H-pyrrole nitrogens is 1. The first kappa shape index (κ1) is 17.7. The van der Waals surface area contributed by atoms with Crippen LogP contribution in [0.1, 0.15) is 46.5 Å². The highest BCUT2D eigenvalue weighted by molar-refractivity contribution is 5.93. The molecule has 2 unspecified atom stereocenters. The summed E-state index contributed by atoms with van der Waals surface area (Å²) in [5, 5.41) is 2.86. The summed E-state index contributed by atoms with van der Waals surface area (Å²) in [6, 6.07) is 7.90. The zero-order valence-electron chi connectivity index (χ0n) is 15.1. The molecule has 2 aromatic rings. The maximum absolute atomic E-state index is 12.4. The summed E-state index contributed by atoms with van der Waals surface area (Å²) in [4.78, 5) is 31.5. The number of hydrogen-bond acceptors (Lipinski definition) is 6. The highest BCUT2D eigenvalue weighted by atomic mass is 16.5. The Kier molecular flexibility index (Phi) is 4.91. The Labute approximate surface area is 156 Å². The maximum Gasteiger partial charge on any atom is 0.263 e. The largest absolute Gasteiger partial charge is 0.497 e. The molecule has 0 bridgehead atoms. The van der Waals surface area contributed by atoms with Gasteiger partial charge in [-0.3, -0.25) is 15.0 Å². The minimum atomic E-state index is -0.397. The number of nitrogens with one attached hydrogen (secondary N) is 4. The number of aromatic nitrogens is 2. The third-order valence-electron chi connectivity index (χ3n) is 5.12. The van der Waals surface area contributed by atoms with Crippen LogP contribution in [-0.4, -0.2) is 36.1 Å². The number of carbonyl (C=O) groups excluding carboxylic acids is 1. The number of methoxy groups -OCH3 is 1. The fraction of sp³-hybridized carbons (Fsp3) is 0.421. The molecule has 1 aliphatic heterocycles. The van der Waals surface area contributed by atoms with Crippen LogP contribution in [0, 0.1) is 5.92 Å². The first-order chi connectivity index (χ1) is 13.2. The van der Waals surface area contributed by atoms with E-state index in [0.29, 0.717) is 24.8 Å². The number of nitrogens with zero attached hydrogens (tertiary/aromatic N) is 1. The van der Waals surface area contributed by atoms with Crippen molar-refractivity contribution in [1.29, 1.82) is 0 Å². The average molecular weight is 369 g/mol. The monoisotopic (exact) mass is 369 g/mol. The molecule has 2 aliphatic rings. The highest BCUT2D eigenvalue weighted by Crippen LogP contribution is 2.37. The molecule has 0 spiro atoms. The van der Waals surface area contributed by atoms with Crippen molar-refractivity contribution in [3.05, 3.63) is 57.8 Å². The summed E-state index contributed by atoms with van der Waals surface area (Å²) in [5.41, 5.74) is 7.16. The van der Waals surface area contributed by atoms with Crippen molar-refractivity contribution >= 4 is 5.91 Å². The molecule has 1 aliphatic carbocycles. The quantitative estimate of drug-likeness (QED) is 0.601. The molecule has 1 aromatic heterocycles. The van der Waals surface area contributed by atoms with Crippen LogP contribution in [0.5, 0.6) is 5.75 Å². The van der Waals surface area contributed by atoms with E-state index >= 15 is 0 Å². The molecule has 1 aromatic carbocycles. The second-order valence-corrected chi connectivity index (χ2v) is 7.03. The van der Waals surface area contributed by atoms with Crippen molar-refractivity contribution in [3.8, 4) is 5.75 Å². The molecule has 8 heteroatoms. The van der Waals surface area contributed by atoms with Crippen molar-refractivity contribution in [2.45, 2.75) is 24.8 Å². The minimum Gasteiger partial charge on any atom is -0.497 e. The normalized spacial score (nSPS) is 21.8. The Morgan fingerprint density at radius 2 is 2.07 bits per heavy atom. The third kappa shape index (κ3) is 3.86. The average Bonchev–Trinajstić information content (AvgIpc) is 3.44.